The molecule has 0 saturated heterocycles. The van der Waals surface area contributed by atoms with Crippen LogP contribution < -0.4 is 4.74 Å². The Hall–Kier alpha value is -1.29. The number of hydrogen-bond acceptors (Lipinski definition) is 2. The van der Waals surface area contributed by atoms with Crippen LogP contribution in [0.25, 0.3) is 0 Å². The van der Waals surface area contributed by atoms with E-state index in [0.717, 1.165) is 23.1 Å². The maximum absolute atomic E-state index is 13.6. The lowest BCUT2D eigenvalue weighted by atomic mass is 10.1. The third-order valence-corrected chi connectivity index (χ3v) is 4.89. The van der Waals surface area contributed by atoms with Crippen molar-refractivity contribution in [2.24, 2.45) is 0 Å². The molecule has 122 valence electrons. The van der Waals surface area contributed by atoms with Crippen molar-refractivity contribution in [1.29, 1.82) is 0 Å². The number of aryl methyl sites for hydroxylation is 1. The van der Waals surface area contributed by atoms with Gasteiger partial charge in [0.1, 0.15) is 17.7 Å². The second-order valence-corrected chi connectivity index (χ2v) is 6.98. The lowest BCUT2D eigenvalue weighted by molar-refractivity contribution is 0.110. The summed E-state index contributed by atoms with van der Waals surface area (Å²) in [4.78, 5) is 2.10. The predicted molar refractivity (Wildman–Crippen MR) is 92.1 cm³/mol. The van der Waals surface area contributed by atoms with E-state index >= 15 is 0 Å². The monoisotopic (exact) mass is 353 g/mol. The second-order valence-electron chi connectivity index (χ2n) is 6.14. The molecule has 0 fully saturated rings. The van der Waals surface area contributed by atoms with E-state index in [4.69, 9.17) is 27.9 Å². The molecule has 0 amide bonds. The van der Waals surface area contributed by atoms with Crippen molar-refractivity contribution in [1.82, 2.24) is 4.90 Å². The minimum atomic E-state index is -0.311. The lowest BCUT2D eigenvalue weighted by Crippen LogP contribution is -2.34. The molecule has 3 rings (SSSR count). The van der Waals surface area contributed by atoms with Crippen molar-refractivity contribution < 1.29 is 9.13 Å². The van der Waals surface area contributed by atoms with E-state index in [1.54, 1.807) is 12.1 Å². The fraction of sp³-hybridized carbons (Fsp3) is 0.333. The maximum atomic E-state index is 13.6. The molecule has 0 aromatic heterocycles. The van der Waals surface area contributed by atoms with Gasteiger partial charge in [0.15, 0.2) is 0 Å². The number of benzene rings is 2. The zero-order valence-electron chi connectivity index (χ0n) is 13.2. The molecule has 0 spiro atoms. The van der Waals surface area contributed by atoms with Gasteiger partial charge >= 0.3 is 0 Å². The fourth-order valence-electron chi connectivity index (χ4n) is 3.05. The number of hydrogen-bond donors (Lipinski definition) is 0. The molecule has 0 radical (unpaired) electrons. The van der Waals surface area contributed by atoms with Crippen LogP contribution in [0.15, 0.2) is 30.3 Å². The van der Waals surface area contributed by atoms with Gasteiger partial charge in [0.05, 0.1) is 6.04 Å². The molecule has 0 heterocycles. The zero-order valence-corrected chi connectivity index (χ0v) is 14.7. The number of rotatable bonds is 3. The van der Waals surface area contributed by atoms with Crippen LogP contribution in [0.3, 0.4) is 0 Å². The van der Waals surface area contributed by atoms with Gasteiger partial charge < -0.3 is 9.64 Å². The summed E-state index contributed by atoms with van der Waals surface area (Å²) in [7, 11) is 4.00. The largest absolute Gasteiger partial charge is 0.484 e. The Bertz CT molecular complexity index is 748. The van der Waals surface area contributed by atoms with Crippen LogP contribution in [0.2, 0.25) is 10.0 Å². The minimum Gasteiger partial charge on any atom is -0.484 e. The molecule has 0 aliphatic heterocycles. The van der Waals surface area contributed by atoms with E-state index in [1.807, 2.05) is 27.1 Å². The van der Waals surface area contributed by atoms with Crippen molar-refractivity contribution >= 4 is 23.2 Å². The van der Waals surface area contributed by atoms with Crippen molar-refractivity contribution in [2.75, 3.05) is 14.1 Å². The molecule has 1 aliphatic carbocycles. The van der Waals surface area contributed by atoms with E-state index in [9.17, 15) is 4.39 Å². The summed E-state index contributed by atoms with van der Waals surface area (Å²) in [6, 6.07) is 8.34. The molecule has 2 atom stereocenters. The first-order valence-corrected chi connectivity index (χ1v) is 8.19. The molecule has 0 unspecified atom stereocenters. The first-order valence-electron chi connectivity index (χ1n) is 7.44. The summed E-state index contributed by atoms with van der Waals surface area (Å²) in [6.45, 7) is 1.90. The molecule has 0 saturated carbocycles. The van der Waals surface area contributed by atoms with E-state index in [-0.39, 0.29) is 18.0 Å². The molecule has 23 heavy (non-hydrogen) atoms. The van der Waals surface area contributed by atoms with E-state index in [1.165, 1.54) is 12.1 Å². The van der Waals surface area contributed by atoms with Gasteiger partial charge in [0.2, 0.25) is 0 Å². The van der Waals surface area contributed by atoms with Crippen molar-refractivity contribution in [3.05, 3.63) is 62.9 Å². The standard InChI is InChI=1S/C18H18Cl2FNO/c1-10-4-5-12(21)8-17(10)23-18-14-6-11(19)7-15(20)13(14)9-16(18)22(2)3/h4-8,16,18H,9H2,1-3H3/t16-,18-/m0/s1. The van der Waals surface area contributed by atoms with E-state index in [2.05, 4.69) is 4.90 Å². The Kier molecular flexibility index (Phi) is 4.54. The summed E-state index contributed by atoms with van der Waals surface area (Å²) in [6.07, 6.45) is 0.536. The molecule has 5 heteroatoms. The number of likely N-dealkylation sites (N-methyl/N-ethyl adjacent to an activating group) is 1. The second kappa shape index (κ2) is 6.31. The van der Waals surface area contributed by atoms with Crippen LogP contribution in [0.4, 0.5) is 4.39 Å². The number of halogens is 3. The number of fused-ring (bicyclic) bond motifs is 1. The van der Waals surface area contributed by atoms with Crippen LogP contribution in [0, 0.1) is 12.7 Å². The molecule has 2 nitrogen and oxygen atoms in total. The van der Waals surface area contributed by atoms with Gasteiger partial charge in [-0.25, -0.2) is 4.39 Å². The van der Waals surface area contributed by atoms with Gasteiger partial charge in [-0.1, -0.05) is 29.3 Å². The highest BCUT2D eigenvalue weighted by molar-refractivity contribution is 6.35. The normalized spacial score (nSPS) is 20.0. The Morgan fingerprint density at radius 2 is 1.91 bits per heavy atom. The average molecular weight is 354 g/mol. The smallest absolute Gasteiger partial charge is 0.140 e. The molecular formula is C18H18Cl2FNO. The van der Waals surface area contributed by atoms with Gasteiger partial charge in [-0.15, -0.1) is 0 Å². The first kappa shape index (κ1) is 16.6. The number of ether oxygens (including phenoxy) is 1. The summed E-state index contributed by atoms with van der Waals surface area (Å²) < 4.78 is 19.8. The predicted octanol–water partition coefficient (Wildman–Crippen LogP) is 5.05. The first-order chi connectivity index (χ1) is 10.9. The summed E-state index contributed by atoms with van der Waals surface area (Å²) in [5.41, 5.74) is 2.92. The highest BCUT2D eigenvalue weighted by Gasteiger charge is 2.37. The molecule has 0 N–H and O–H groups in total. The van der Waals surface area contributed by atoms with Crippen LogP contribution in [-0.2, 0) is 6.42 Å². The van der Waals surface area contributed by atoms with Gasteiger partial charge in [-0.2, -0.15) is 0 Å². The molecule has 0 bridgehead atoms. The van der Waals surface area contributed by atoms with Gasteiger partial charge in [0, 0.05) is 21.7 Å². The maximum Gasteiger partial charge on any atom is 0.140 e. The minimum absolute atomic E-state index is 0.114. The third-order valence-electron chi connectivity index (χ3n) is 4.33. The topological polar surface area (TPSA) is 12.5 Å². The Labute approximate surface area is 145 Å². The fourth-order valence-corrected chi connectivity index (χ4v) is 3.64. The summed E-state index contributed by atoms with van der Waals surface area (Å²) >= 11 is 12.5. The van der Waals surface area contributed by atoms with Crippen molar-refractivity contribution in [3.8, 4) is 5.75 Å². The van der Waals surface area contributed by atoms with Crippen LogP contribution in [0.5, 0.6) is 5.75 Å². The average Bonchev–Trinajstić information content (AvgIpc) is 2.82. The molecular weight excluding hydrogens is 336 g/mol. The number of nitrogens with zero attached hydrogens (tertiary/aromatic N) is 1. The van der Waals surface area contributed by atoms with Crippen LogP contribution in [0.1, 0.15) is 22.8 Å². The SMILES string of the molecule is Cc1ccc(F)cc1O[C@H]1c2cc(Cl)cc(Cl)c2C[C@@H]1N(C)C. The van der Waals surface area contributed by atoms with Gasteiger partial charge in [0.25, 0.3) is 0 Å². The summed E-state index contributed by atoms with van der Waals surface area (Å²) in [5.74, 6) is 0.236. The van der Waals surface area contributed by atoms with Crippen LogP contribution >= 0.6 is 23.2 Å². The van der Waals surface area contributed by atoms with Crippen molar-refractivity contribution in [3.63, 3.8) is 0 Å². The lowest BCUT2D eigenvalue weighted by Gasteiger charge is -2.28. The Morgan fingerprint density at radius 1 is 1.17 bits per heavy atom. The summed E-state index contributed by atoms with van der Waals surface area (Å²) in [5, 5.41) is 1.24. The molecule has 1 aliphatic rings. The Morgan fingerprint density at radius 3 is 2.61 bits per heavy atom. The van der Waals surface area contributed by atoms with Gasteiger partial charge in [-0.3, -0.25) is 0 Å². The third kappa shape index (κ3) is 3.18. The Balaban J connectivity index is 2.04. The highest BCUT2D eigenvalue weighted by atomic mass is 35.5. The quantitative estimate of drug-likeness (QED) is 0.765. The molecule has 2 aromatic rings. The highest BCUT2D eigenvalue weighted by Crippen LogP contribution is 2.42. The van der Waals surface area contributed by atoms with Crippen molar-refractivity contribution in [2.45, 2.75) is 25.5 Å². The van der Waals surface area contributed by atoms with Crippen LogP contribution in [-0.4, -0.2) is 25.0 Å². The molecule has 2 aromatic carbocycles. The zero-order chi connectivity index (χ0) is 16.7. The van der Waals surface area contributed by atoms with E-state index < -0.39 is 0 Å². The van der Waals surface area contributed by atoms with E-state index in [0.29, 0.717) is 15.8 Å². The van der Waals surface area contributed by atoms with Gasteiger partial charge in [-0.05, 0) is 56.8 Å².